The minimum atomic E-state index is 0.140. The summed E-state index contributed by atoms with van der Waals surface area (Å²) < 4.78 is 5.29. The zero-order valence-corrected chi connectivity index (χ0v) is 12.2. The summed E-state index contributed by atoms with van der Waals surface area (Å²) in [5.41, 5.74) is 1.32. The average Bonchev–Trinajstić information content (AvgIpc) is 3.19. The number of para-hydroxylation sites is 1. The first-order valence-electron chi connectivity index (χ1n) is 6.68. The van der Waals surface area contributed by atoms with Gasteiger partial charge < -0.3 is 10.1 Å². The third kappa shape index (κ3) is 3.90. The maximum Gasteiger partial charge on any atom is 0.220 e. The van der Waals surface area contributed by atoms with Crippen LogP contribution in [0.3, 0.4) is 0 Å². The highest BCUT2D eigenvalue weighted by Gasteiger charge is 2.42. The van der Waals surface area contributed by atoms with Crippen LogP contribution in [0.15, 0.2) is 24.3 Å². The highest BCUT2D eigenvalue weighted by molar-refractivity contribution is 7.80. The fraction of sp³-hybridized carbons (Fsp3) is 0.533. The second-order valence-corrected chi connectivity index (χ2v) is 5.56. The minimum Gasteiger partial charge on any atom is -0.496 e. The molecule has 1 fully saturated rings. The zero-order valence-electron chi connectivity index (χ0n) is 11.3. The summed E-state index contributed by atoms with van der Waals surface area (Å²) in [6.45, 7) is 0.655. The molecule has 0 aromatic heterocycles. The first-order chi connectivity index (χ1) is 9.19. The molecule has 0 radical (unpaired) electrons. The van der Waals surface area contributed by atoms with Gasteiger partial charge in [-0.25, -0.2) is 0 Å². The van der Waals surface area contributed by atoms with Gasteiger partial charge >= 0.3 is 0 Å². The Labute approximate surface area is 120 Å². The van der Waals surface area contributed by atoms with E-state index >= 15 is 0 Å². The van der Waals surface area contributed by atoms with Crippen molar-refractivity contribution in [1.29, 1.82) is 0 Å². The molecule has 0 saturated heterocycles. The maximum absolute atomic E-state index is 11.8. The summed E-state index contributed by atoms with van der Waals surface area (Å²) in [4.78, 5) is 11.8. The second-order valence-electron chi connectivity index (χ2n) is 5.25. The van der Waals surface area contributed by atoms with Crippen LogP contribution in [0.5, 0.6) is 5.75 Å². The number of nitrogens with one attached hydrogen (secondary N) is 1. The first kappa shape index (κ1) is 14.3. The molecule has 1 amide bonds. The molecule has 104 valence electrons. The van der Waals surface area contributed by atoms with Gasteiger partial charge in [-0.2, -0.15) is 12.6 Å². The molecule has 0 atom stereocenters. The lowest BCUT2D eigenvalue weighted by molar-refractivity contribution is -0.122. The molecule has 1 saturated carbocycles. The van der Waals surface area contributed by atoms with E-state index in [0.717, 1.165) is 36.3 Å². The zero-order chi connectivity index (χ0) is 13.7. The van der Waals surface area contributed by atoms with Gasteiger partial charge in [-0.1, -0.05) is 18.2 Å². The maximum atomic E-state index is 11.8. The number of ether oxygens (including phenoxy) is 1. The molecule has 1 aromatic rings. The highest BCUT2D eigenvalue weighted by Crippen LogP contribution is 2.49. The standard InChI is InChI=1S/C15H21NO2S/c1-18-13-5-3-2-4-12(13)6-9-16-14(17)10-15(11-19)7-8-15/h2-5,19H,6-11H2,1H3,(H,16,17). The van der Waals surface area contributed by atoms with E-state index in [4.69, 9.17) is 4.74 Å². The molecule has 3 nitrogen and oxygen atoms in total. The molecule has 1 aliphatic carbocycles. The van der Waals surface area contributed by atoms with Gasteiger partial charge in [0.25, 0.3) is 0 Å². The van der Waals surface area contributed by atoms with Crippen molar-refractivity contribution in [2.24, 2.45) is 5.41 Å². The number of amides is 1. The lowest BCUT2D eigenvalue weighted by Gasteiger charge is -2.12. The van der Waals surface area contributed by atoms with Crippen LogP contribution in [0, 0.1) is 5.41 Å². The molecule has 2 rings (SSSR count). The Morgan fingerprint density at radius 1 is 1.42 bits per heavy atom. The van der Waals surface area contributed by atoms with Crippen molar-refractivity contribution < 1.29 is 9.53 Å². The SMILES string of the molecule is COc1ccccc1CCNC(=O)CC1(CS)CC1. The molecule has 0 spiro atoms. The fourth-order valence-corrected chi connectivity index (χ4v) is 2.64. The van der Waals surface area contributed by atoms with Gasteiger partial charge in [0.05, 0.1) is 7.11 Å². The van der Waals surface area contributed by atoms with Crippen molar-refractivity contribution in [3.63, 3.8) is 0 Å². The number of carbonyl (C=O) groups excluding carboxylic acids is 1. The van der Waals surface area contributed by atoms with Gasteiger partial charge in [0.1, 0.15) is 5.75 Å². The Kier molecular flexibility index (Phi) is 4.75. The van der Waals surface area contributed by atoms with Crippen molar-refractivity contribution in [1.82, 2.24) is 5.32 Å². The van der Waals surface area contributed by atoms with E-state index < -0.39 is 0 Å². The Hall–Kier alpha value is -1.16. The smallest absolute Gasteiger partial charge is 0.220 e. The van der Waals surface area contributed by atoms with Gasteiger partial charge in [-0.15, -0.1) is 0 Å². The highest BCUT2D eigenvalue weighted by atomic mass is 32.1. The minimum absolute atomic E-state index is 0.140. The van der Waals surface area contributed by atoms with E-state index in [0.29, 0.717) is 13.0 Å². The number of methoxy groups -OCH3 is 1. The van der Waals surface area contributed by atoms with E-state index in [1.54, 1.807) is 7.11 Å². The van der Waals surface area contributed by atoms with Crippen LogP contribution in [0.25, 0.3) is 0 Å². The molecular weight excluding hydrogens is 258 g/mol. The van der Waals surface area contributed by atoms with Crippen molar-refractivity contribution in [2.75, 3.05) is 19.4 Å². The van der Waals surface area contributed by atoms with Gasteiger partial charge in [0.2, 0.25) is 5.91 Å². The molecule has 0 unspecified atom stereocenters. The molecule has 0 bridgehead atoms. The fourth-order valence-electron chi connectivity index (χ4n) is 2.22. The number of benzene rings is 1. The molecular formula is C15H21NO2S. The number of rotatable bonds is 7. The monoisotopic (exact) mass is 279 g/mol. The predicted octanol–water partition coefficient (Wildman–Crippen LogP) is 2.45. The summed E-state index contributed by atoms with van der Waals surface area (Å²) in [5, 5.41) is 2.98. The van der Waals surface area contributed by atoms with Crippen LogP contribution in [-0.4, -0.2) is 25.3 Å². The summed E-state index contributed by atoms with van der Waals surface area (Å²) in [7, 11) is 1.67. The topological polar surface area (TPSA) is 38.3 Å². The van der Waals surface area contributed by atoms with Gasteiger partial charge in [-0.3, -0.25) is 4.79 Å². The normalized spacial score (nSPS) is 15.9. The van der Waals surface area contributed by atoms with Crippen molar-refractivity contribution in [2.45, 2.75) is 25.7 Å². The third-order valence-corrected chi connectivity index (χ3v) is 4.41. The van der Waals surface area contributed by atoms with E-state index in [1.165, 1.54) is 0 Å². The summed E-state index contributed by atoms with van der Waals surface area (Å²) in [5.74, 6) is 1.83. The summed E-state index contributed by atoms with van der Waals surface area (Å²) in [6.07, 6.45) is 3.68. The number of hydrogen-bond donors (Lipinski definition) is 2. The lowest BCUT2D eigenvalue weighted by Crippen LogP contribution is -2.28. The third-order valence-electron chi connectivity index (χ3n) is 3.74. The molecule has 0 heterocycles. The number of thiol groups is 1. The number of hydrogen-bond acceptors (Lipinski definition) is 3. The largest absolute Gasteiger partial charge is 0.496 e. The van der Waals surface area contributed by atoms with Crippen LogP contribution in [0.2, 0.25) is 0 Å². The Bertz CT molecular complexity index is 444. The molecule has 1 N–H and O–H groups in total. The summed E-state index contributed by atoms with van der Waals surface area (Å²) >= 11 is 4.32. The molecule has 1 aromatic carbocycles. The molecule has 4 heteroatoms. The Morgan fingerprint density at radius 2 is 2.16 bits per heavy atom. The van der Waals surface area contributed by atoms with Crippen LogP contribution in [0.1, 0.15) is 24.8 Å². The quantitative estimate of drug-likeness (QED) is 0.753. The van der Waals surface area contributed by atoms with E-state index in [2.05, 4.69) is 17.9 Å². The molecule has 19 heavy (non-hydrogen) atoms. The Morgan fingerprint density at radius 3 is 2.79 bits per heavy atom. The summed E-state index contributed by atoms with van der Waals surface area (Å²) in [6, 6.07) is 7.91. The molecule has 0 aliphatic heterocycles. The van der Waals surface area contributed by atoms with Crippen molar-refractivity contribution in [3.8, 4) is 5.75 Å². The van der Waals surface area contributed by atoms with Gasteiger partial charge in [-0.05, 0) is 42.1 Å². The second kappa shape index (κ2) is 6.33. The average molecular weight is 279 g/mol. The van der Waals surface area contributed by atoms with Crippen LogP contribution < -0.4 is 10.1 Å². The first-order valence-corrected chi connectivity index (χ1v) is 7.32. The van der Waals surface area contributed by atoms with E-state index in [9.17, 15) is 4.79 Å². The van der Waals surface area contributed by atoms with Crippen molar-refractivity contribution >= 4 is 18.5 Å². The van der Waals surface area contributed by atoms with Gasteiger partial charge in [0, 0.05) is 13.0 Å². The van der Waals surface area contributed by atoms with Gasteiger partial charge in [0.15, 0.2) is 0 Å². The van der Waals surface area contributed by atoms with Crippen LogP contribution in [-0.2, 0) is 11.2 Å². The van der Waals surface area contributed by atoms with Crippen molar-refractivity contribution in [3.05, 3.63) is 29.8 Å². The number of carbonyl (C=O) groups is 1. The van der Waals surface area contributed by atoms with E-state index in [1.807, 2.05) is 24.3 Å². The predicted molar refractivity (Wildman–Crippen MR) is 79.8 cm³/mol. The van der Waals surface area contributed by atoms with E-state index in [-0.39, 0.29) is 11.3 Å². The van der Waals surface area contributed by atoms with Crippen LogP contribution in [0.4, 0.5) is 0 Å². The lowest BCUT2D eigenvalue weighted by atomic mass is 10.0. The Balaban J connectivity index is 1.75. The van der Waals surface area contributed by atoms with Crippen LogP contribution >= 0.6 is 12.6 Å². The molecule has 1 aliphatic rings.